The summed E-state index contributed by atoms with van der Waals surface area (Å²) in [4.78, 5) is 10.9. The second kappa shape index (κ2) is 6.48. The van der Waals surface area contributed by atoms with E-state index >= 15 is 0 Å². The maximum absolute atomic E-state index is 10.9. The van der Waals surface area contributed by atoms with Gasteiger partial charge in [-0.2, -0.15) is 0 Å². The van der Waals surface area contributed by atoms with Gasteiger partial charge in [0, 0.05) is 0 Å². The predicted molar refractivity (Wildman–Crippen MR) is 50.2 cm³/mol. The third kappa shape index (κ3) is 4.52. The molecule has 1 N–H and O–H groups in total. The van der Waals surface area contributed by atoms with Gasteiger partial charge >= 0.3 is 5.97 Å². The average Bonchev–Trinajstić information content (AvgIpc) is 2.14. The zero-order valence-corrected chi connectivity index (χ0v) is 8.42. The number of hydrogen-bond donors (Lipinski definition) is 1. The van der Waals surface area contributed by atoms with Crippen molar-refractivity contribution in [2.24, 2.45) is 0 Å². The van der Waals surface area contributed by atoms with Gasteiger partial charge in [0.1, 0.15) is 5.76 Å². The van der Waals surface area contributed by atoms with Gasteiger partial charge in [-0.25, -0.2) is 0 Å². The second-order valence-electron chi connectivity index (χ2n) is 2.52. The van der Waals surface area contributed by atoms with E-state index in [1.165, 1.54) is 7.11 Å². The fourth-order valence-electron chi connectivity index (χ4n) is 0.913. The molecule has 0 aliphatic heterocycles. The molecule has 0 saturated heterocycles. The SMILES string of the molecule is C=C(OCC)C(CC(=O)OC)NC. The molecule has 0 fully saturated rings. The van der Waals surface area contributed by atoms with Crippen LogP contribution in [0.4, 0.5) is 0 Å². The lowest BCUT2D eigenvalue weighted by Gasteiger charge is -2.17. The summed E-state index contributed by atoms with van der Waals surface area (Å²) in [6, 6.07) is -0.174. The normalized spacial score (nSPS) is 11.9. The van der Waals surface area contributed by atoms with Crippen molar-refractivity contribution < 1.29 is 14.3 Å². The quantitative estimate of drug-likeness (QED) is 0.491. The van der Waals surface area contributed by atoms with Crippen LogP contribution in [-0.2, 0) is 14.3 Å². The Morgan fingerprint density at radius 1 is 1.62 bits per heavy atom. The van der Waals surface area contributed by atoms with Gasteiger partial charge in [0.15, 0.2) is 0 Å². The number of carbonyl (C=O) groups excluding carboxylic acids is 1. The summed E-state index contributed by atoms with van der Waals surface area (Å²) in [6.45, 7) is 6.14. The van der Waals surface area contributed by atoms with E-state index in [4.69, 9.17) is 4.74 Å². The van der Waals surface area contributed by atoms with E-state index < -0.39 is 0 Å². The van der Waals surface area contributed by atoms with Crippen LogP contribution in [0.1, 0.15) is 13.3 Å². The van der Waals surface area contributed by atoms with Gasteiger partial charge in [0.2, 0.25) is 0 Å². The fraction of sp³-hybridized carbons (Fsp3) is 0.667. The van der Waals surface area contributed by atoms with Crippen LogP contribution in [0.25, 0.3) is 0 Å². The van der Waals surface area contributed by atoms with Crippen molar-refractivity contribution in [1.82, 2.24) is 5.32 Å². The minimum Gasteiger partial charge on any atom is -0.497 e. The molecule has 76 valence electrons. The van der Waals surface area contributed by atoms with Crippen molar-refractivity contribution in [3.05, 3.63) is 12.3 Å². The first-order valence-electron chi connectivity index (χ1n) is 4.21. The molecular weight excluding hydrogens is 170 g/mol. The van der Waals surface area contributed by atoms with Crippen LogP contribution in [0.2, 0.25) is 0 Å². The second-order valence-corrected chi connectivity index (χ2v) is 2.52. The van der Waals surface area contributed by atoms with Crippen LogP contribution in [0.3, 0.4) is 0 Å². The average molecular weight is 187 g/mol. The third-order valence-electron chi connectivity index (χ3n) is 1.67. The highest BCUT2D eigenvalue weighted by Gasteiger charge is 2.16. The Bertz CT molecular complexity index is 180. The predicted octanol–water partition coefficient (Wildman–Crippen LogP) is 0.688. The number of methoxy groups -OCH3 is 1. The number of esters is 1. The van der Waals surface area contributed by atoms with E-state index in [9.17, 15) is 4.79 Å². The standard InChI is InChI=1S/C9H17NO3/c1-5-13-7(2)8(10-3)6-9(11)12-4/h8,10H,2,5-6H2,1,3-4H3. The number of ether oxygens (including phenoxy) is 2. The minimum atomic E-state index is -0.278. The molecule has 0 saturated carbocycles. The van der Waals surface area contributed by atoms with Gasteiger partial charge < -0.3 is 14.8 Å². The van der Waals surface area contributed by atoms with E-state index in [1.807, 2.05) is 6.92 Å². The molecule has 0 aromatic rings. The smallest absolute Gasteiger partial charge is 0.307 e. The first-order valence-corrected chi connectivity index (χ1v) is 4.21. The molecule has 0 amide bonds. The van der Waals surface area contributed by atoms with Crippen molar-refractivity contribution in [1.29, 1.82) is 0 Å². The van der Waals surface area contributed by atoms with Gasteiger partial charge in [-0.3, -0.25) is 4.79 Å². The number of carbonyl (C=O) groups is 1. The molecule has 13 heavy (non-hydrogen) atoms. The fourth-order valence-corrected chi connectivity index (χ4v) is 0.913. The summed E-state index contributed by atoms with van der Waals surface area (Å²) >= 11 is 0. The molecule has 0 aliphatic carbocycles. The third-order valence-corrected chi connectivity index (χ3v) is 1.67. The summed E-state index contributed by atoms with van der Waals surface area (Å²) in [5.74, 6) is 0.288. The zero-order chi connectivity index (χ0) is 10.3. The molecule has 0 rings (SSSR count). The van der Waals surface area contributed by atoms with E-state index in [0.717, 1.165) is 0 Å². The lowest BCUT2D eigenvalue weighted by molar-refractivity contribution is -0.141. The Kier molecular flexibility index (Phi) is 5.97. The summed E-state index contributed by atoms with van der Waals surface area (Å²) in [5.41, 5.74) is 0. The molecule has 0 aliphatic rings. The molecule has 0 heterocycles. The van der Waals surface area contributed by atoms with Gasteiger partial charge in [-0.15, -0.1) is 0 Å². The number of rotatable bonds is 6. The van der Waals surface area contributed by atoms with Gasteiger partial charge in [-0.05, 0) is 14.0 Å². The first-order chi connectivity index (χ1) is 6.15. The van der Waals surface area contributed by atoms with Gasteiger partial charge in [0.05, 0.1) is 26.2 Å². The minimum absolute atomic E-state index is 0.174. The van der Waals surface area contributed by atoms with Crippen LogP contribution >= 0.6 is 0 Å². The molecule has 0 aromatic heterocycles. The number of nitrogens with one attached hydrogen (secondary N) is 1. The van der Waals surface area contributed by atoms with Crippen molar-refractivity contribution in [2.45, 2.75) is 19.4 Å². The summed E-state index contributed by atoms with van der Waals surface area (Å²) in [7, 11) is 3.11. The molecular formula is C9H17NO3. The number of likely N-dealkylation sites (N-methyl/N-ethyl adjacent to an activating group) is 1. The van der Waals surface area contributed by atoms with E-state index in [0.29, 0.717) is 12.4 Å². The highest BCUT2D eigenvalue weighted by atomic mass is 16.5. The summed E-state index contributed by atoms with van der Waals surface area (Å²) in [6.07, 6.45) is 0.242. The summed E-state index contributed by atoms with van der Waals surface area (Å²) in [5, 5.41) is 2.93. The largest absolute Gasteiger partial charge is 0.497 e. The number of hydrogen-bond acceptors (Lipinski definition) is 4. The lowest BCUT2D eigenvalue weighted by Crippen LogP contribution is -2.31. The van der Waals surface area contributed by atoms with Crippen molar-refractivity contribution >= 4 is 5.97 Å². The highest BCUT2D eigenvalue weighted by Crippen LogP contribution is 2.06. The lowest BCUT2D eigenvalue weighted by atomic mass is 10.2. The Hall–Kier alpha value is -1.03. The van der Waals surface area contributed by atoms with Crippen molar-refractivity contribution in [3.63, 3.8) is 0 Å². The van der Waals surface area contributed by atoms with Crippen LogP contribution in [0.5, 0.6) is 0 Å². The molecule has 1 unspecified atom stereocenters. The van der Waals surface area contributed by atoms with E-state index in [2.05, 4.69) is 16.6 Å². The first kappa shape index (κ1) is 12.0. The molecule has 0 bridgehead atoms. The maximum atomic E-state index is 10.9. The van der Waals surface area contributed by atoms with E-state index in [-0.39, 0.29) is 18.4 Å². The van der Waals surface area contributed by atoms with Crippen molar-refractivity contribution in [2.75, 3.05) is 20.8 Å². The molecule has 4 nitrogen and oxygen atoms in total. The zero-order valence-electron chi connectivity index (χ0n) is 8.42. The Morgan fingerprint density at radius 3 is 2.62 bits per heavy atom. The molecule has 1 atom stereocenters. The topological polar surface area (TPSA) is 47.6 Å². The van der Waals surface area contributed by atoms with Gasteiger partial charge in [0.25, 0.3) is 0 Å². The molecule has 4 heteroatoms. The van der Waals surface area contributed by atoms with Gasteiger partial charge in [-0.1, -0.05) is 6.58 Å². The highest BCUT2D eigenvalue weighted by molar-refractivity contribution is 5.70. The van der Waals surface area contributed by atoms with Crippen LogP contribution in [-0.4, -0.2) is 32.8 Å². The van der Waals surface area contributed by atoms with E-state index in [1.54, 1.807) is 7.05 Å². The van der Waals surface area contributed by atoms with Crippen LogP contribution in [0, 0.1) is 0 Å². The molecule has 0 aromatic carbocycles. The van der Waals surface area contributed by atoms with Crippen molar-refractivity contribution in [3.8, 4) is 0 Å². The van der Waals surface area contributed by atoms with Crippen LogP contribution in [0.15, 0.2) is 12.3 Å². The Morgan fingerprint density at radius 2 is 2.23 bits per heavy atom. The Labute approximate surface area is 78.9 Å². The molecule has 0 spiro atoms. The van der Waals surface area contributed by atoms with Crippen LogP contribution < -0.4 is 5.32 Å². The summed E-state index contributed by atoms with van der Waals surface area (Å²) < 4.78 is 9.71. The Balaban J connectivity index is 4.01. The molecule has 0 radical (unpaired) electrons. The maximum Gasteiger partial charge on any atom is 0.307 e. The monoisotopic (exact) mass is 187 g/mol.